The van der Waals surface area contributed by atoms with E-state index in [0.29, 0.717) is 21.8 Å². The Balaban J connectivity index is 1.72. The first kappa shape index (κ1) is 23.9. The van der Waals surface area contributed by atoms with Gasteiger partial charge < -0.3 is 0 Å². The van der Waals surface area contributed by atoms with E-state index in [-0.39, 0.29) is 5.78 Å². The average Bonchev–Trinajstić information content (AvgIpc) is 2.92. The molecule has 0 saturated heterocycles. The van der Waals surface area contributed by atoms with Crippen LogP contribution in [-0.4, -0.2) is 10.8 Å². The van der Waals surface area contributed by atoms with Crippen LogP contribution in [-0.2, 0) is 0 Å². The van der Waals surface area contributed by atoms with Gasteiger partial charge in [0.1, 0.15) is 0 Å². The second kappa shape index (κ2) is 10.9. The van der Waals surface area contributed by atoms with Crippen LogP contribution in [0.5, 0.6) is 0 Å². The van der Waals surface area contributed by atoms with Crippen molar-refractivity contribution in [3.8, 4) is 0 Å². The molecule has 4 aromatic carbocycles. The van der Waals surface area contributed by atoms with Gasteiger partial charge in [-0.1, -0.05) is 119 Å². The first-order valence-corrected chi connectivity index (χ1v) is 12.7. The summed E-state index contributed by atoms with van der Waals surface area (Å²) in [7, 11) is 0. The van der Waals surface area contributed by atoms with Crippen molar-refractivity contribution in [2.45, 2.75) is 0 Å². The molecule has 0 spiro atoms. The van der Waals surface area contributed by atoms with Crippen molar-refractivity contribution in [1.82, 2.24) is 4.98 Å². The lowest BCUT2D eigenvalue weighted by atomic mass is 9.92. The Hall–Kier alpha value is -3.79. The van der Waals surface area contributed by atoms with E-state index in [1.807, 2.05) is 127 Å². The van der Waals surface area contributed by atoms with Gasteiger partial charge in [-0.2, -0.15) is 0 Å². The number of nitrogens with zero attached hydrogens (tertiary/aromatic N) is 1. The molecule has 0 amide bonds. The zero-order valence-electron chi connectivity index (χ0n) is 19.2. The van der Waals surface area contributed by atoms with E-state index in [0.717, 1.165) is 32.1 Å². The fourth-order valence-corrected chi connectivity index (χ4v) is 4.42. The van der Waals surface area contributed by atoms with Gasteiger partial charge in [-0.3, -0.25) is 4.79 Å². The van der Waals surface area contributed by atoms with Crippen molar-refractivity contribution in [2.24, 2.45) is 0 Å². The van der Waals surface area contributed by atoms with Crippen LogP contribution in [0.15, 0.2) is 108 Å². The molecule has 5 aromatic rings. The third kappa shape index (κ3) is 5.38. The van der Waals surface area contributed by atoms with Crippen molar-refractivity contribution < 1.29 is 4.79 Å². The Morgan fingerprint density at radius 1 is 0.694 bits per heavy atom. The van der Waals surface area contributed by atoms with Gasteiger partial charge in [-0.15, -0.1) is 0 Å². The van der Waals surface area contributed by atoms with E-state index < -0.39 is 0 Å². The highest BCUT2D eigenvalue weighted by Gasteiger charge is 2.20. The van der Waals surface area contributed by atoms with E-state index >= 15 is 0 Å². The molecule has 0 unspecified atom stereocenters. The number of carbonyl (C=O) groups is 1. The number of hydrogen-bond donors (Lipinski definition) is 0. The minimum Gasteiger partial charge on any atom is -0.289 e. The number of para-hydroxylation sites is 1. The zero-order chi connectivity index (χ0) is 24.9. The summed E-state index contributed by atoms with van der Waals surface area (Å²) in [6, 6.07) is 32.9. The van der Waals surface area contributed by atoms with Crippen molar-refractivity contribution in [3.05, 3.63) is 146 Å². The number of fused-ring (bicyclic) bond motifs is 1. The Morgan fingerprint density at radius 3 is 2.03 bits per heavy atom. The summed E-state index contributed by atoms with van der Waals surface area (Å²) in [6.45, 7) is 0. The number of hydrogen-bond acceptors (Lipinski definition) is 2. The summed E-state index contributed by atoms with van der Waals surface area (Å²) in [4.78, 5) is 18.8. The molecule has 0 fully saturated rings. The molecule has 36 heavy (non-hydrogen) atoms. The molecule has 1 aromatic heterocycles. The predicted octanol–water partition coefficient (Wildman–Crippen LogP) is 9.22. The van der Waals surface area contributed by atoms with Crippen LogP contribution in [0.1, 0.15) is 38.3 Å². The van der Waals surface area contributed by atoms with Crippen LogP contribution in [0.4, 0.5) is 0 Å². The molecule has 4 heteroatoms. The Kier molecular flexibility index (Phi) is 7.22. The highest BCUT2D eigenvalue weighted by Crippen LogP contribution is 2.29. The van der Waals surface area contributed by atoms with Crippen molar-refractivity contribution >= 4 is 68.5 Å². The molecule has 0 bridgehead atoms. The standard InChI is InChI=1S/C32H21BrClNO/c33-25-16-10-22(11-17-25)14-20-28-27-8-4-5-9-29(27)35-30(21-15-23-12-18-26(34)19-13-23)31(28)32(36)24-6-2-1-3-7-24/h1-21H/b20-14+,21-15+. The number of aromatic nitrogens is 1. The van der Waals surface area contributed by atoms with Crippen molar-refractivity contribution in [2.75, 3.05) is 0 Å². The van der Waals surface area contributed by atoms with Crippen molar-refractivity contribution in [3.63, 3.8) is 0 Å². The normalized spacial score (nSPS) is 11.5. The quantitative estimate of drug-likeness (QED) is 0.197. The van der Waals surface area contributed by atoms with Crippen LogP contribution in [0, 0.1) is 0 Å². The lowest BCUT2D eigenvalue weighted by Gasteiger charge is -2.13. The van der Waals surface area contributed by atoms with Crippen LogP contribution in [0.3, 0.4) is 0 Å². The number of rotatable bonds is 6. The number of benzene rings is 4. The lowest BCUT2D eigenvalue weighted by Crippen LogP contribution is -2.08. The highest BCUT2D eigenvalue weighted by atomic mass is 79.9. The average molecular weight is 551 g/mol. The summed E-state index contributed by atoms with van der Waals surface area (Å²) < 4.78 is 1.02. The van der Waals surface area contributed by atoms with E-state index in [4.69, 9.17) is 16.6 Å². The monoisotopic (exact) mass is 549 g/mol. The van der Waals surface area contributed by atoms with Gasteiger partial charge in [0.2, 0.25) is 0 Å². The topological polar surface area (TPSA) is 30.0 Å². The maximum atomic E-state index is 13.9. The van der Waals surface area contributed by atoms with Crippen LogP contribution >= 0.6 is 27.5 Å². The smallest absolute Gasteiger partial charge is 0.195 e. The maximum Gasteiger partial charge on any atom is 0.195 e. The SMILES string of the molecule is O=C(c1ccccc1)c1c(/C=C/c2ccc(Cl)cc2)nc2ccccc2c1/C=C/c1ccc(Br)cc1. The summed E-state index contributed by atoms with van der Waals surface area (Å²) in [6.07, 6.45) is 7.91. The third-order valence-corrected chi connectivity index (χ3v) is 6.62. The molecule has 0 aliphatic rings. The van der Waals surface area contributed by atoms with E-state index in [9.17, 15) is 4.79 Å². The lowest BCUT2D eigenvalue weighted by molar-refractivity contribution is 0.103. The molecule has 0 saturated carbocycles. The Labute approximate surface area is 223 Å². The first-order chi connectivity index (χ1) is 17.6. The molecule has 5 rings (SSSR count). The fraction of sp³-hybridized carbons (Fsp3) is 0. The largest absolute Gasteiger partial charge is 0.289 e. The summed E-state index contributed by atoms with van der Waals surface area (Å²) in [5.74, 6) is -0.0694. The van der Waals surface area contributed by atoms with Gasteiger partial charge in [0, 0.05) is 20.4 Å². The van der Waals surface area contributed by atoms with Crippen molar-refractivity contribution in [1.29, 1.82) is 0 Å². The number of carbonyl (C=O) groups excluding carboxylic acids is 1. The fourth-order valence-electron chi connectivity index (χ4n) is 4.03. The summed E-state index contributed by atoms with van der Waals surface area (Å²) in [5.41, 5.74) is 5.48. The highest BCUT2D eigenvalue weighted by molar-refractivity contribution is 9.10. The Bertz CT molecular complexity index is 1590. The molecule has 1 heterocycles. The molecular weight excluding hydrogens is 530 g/mol. The molecule has 0 aliphatic heterocycles. The number of pyridine rings is 1. The molecule has 174 valence electrons. The Morgan fingerprint density at radius 2 is 1.31 bits per heavy atom. The minimum atomic E-state index is -0.0694. The van der Waals surface area contributed by atoms with Gasteiger partial charge in [-0.25, -0.2) is 4.98 Å². The molecule has 0 radical (unpaired) electrons. The van der Waals surface area contributed by atoms with Gasteiger partial charge in [-0.05, 0) is 53.1 Å². The number of ketones is 1. The summed E-state index contributed by atoms with van der Waals surface area (Å²) >= 11 is 9.54. The maximum absolute atomic E-state index is 13.9. The van der Waals surface area contributed by atoms with Crippen LogP contribution in [0.25, 0.3) is 35.2 Å². The predicted molar refractivity (Wildman–Crippen MR) is 155 cm³/mol. The van der Waals surface area contributed by atoms with Gasteiger partial charge >= 0.3 is 0 Å². The van der Waals surface area contributed by atoms with Gasteiger partial charge in [0.25, 0.3) is 0 Å². The second-order valence-electron chi connectivity index (χ2n) is 8.27. The van der Waals surface area contributed by atoms with E-state index in [2.05, 4.69) is 15.9 Å². The second-order valence-corrected chi connectivity index (χ2v) is 9.62. The number of halogens is 2. The third-order valence-electron chi connectivity index (χ3n) is 5.84. The van der Waals surface area contributed by atoms with E-state index in [1.165, 1.54) is 0 Å². The molecule has 0 aliphatic carbocycles. The molecule has 0 N–H and O–H groups in total. The minimum absolute atomic E-state index is 0.0694. The molecule has 2 nitrogen and oxygen atoms in total. The molecule has 0 atom stereocenters. The van der Waals surface area contributed by atoms with Crippen LogP contribution < -0.4 is 0 Å². The first-order valence-electron chi connectivity index (χ1n) is 11.5. The summed E-state index contributed by atoms with van der Waals surface area (Å²) in [5, 5.41) is 1.60. The zero-order valence-corrected chi connectivity index (χ0v) is 21.6. The van der Waals surface area contributed by atoms with E-state index in [1.54, 1.807) is 0 Å². The van der Waals surface area contributed by atoms with Gasteiger partial charge in [0.15, 0.2) is 5.78 Å². The van der Waals surface area contributed by atoms with Crippen LogP contribution in [0.2, 0.25) is 5.02 Å². The van der Waals surface area contributed by atoms with Gasteiger partial charge in [0.05, 0.1) is 16.8 Å². The molecular formula is C32H21BrClNO.